The normalized spacial score (nSPS) is 10.1. The van der Waals surface area contributed by atoms with E-state index in [4.69, 9.17) is 5.73 Å². The van der Waals surface area contributed by atoms with Crippen LogP contribution in [0, 0.1) is 0 Å². The molecule has 0 fully saturated rings. The molecule has 0 spiro atoms. The van der Waals surface area contributed by atoms with E-state index in [1.807, 2.05) is 0 Å². The first-order chi connectivity index (χ1) is 8.24. The highest BCUT2D eigenvalue weighted by Crippen LogP contribution is 2.01. The molecule has 0 saturated carbocycles. The molecule has 2 rings (SSSR count). The summed E-state index contributed by atoms with van der Waals surface area (Å²) in [6, 6.07) is 3.47. The molecule has 6 heteroatoms. The molecule has 0 aliphatic rings. The van der Waals surface area contributed by atoms with Crippen LogP contribution in [0.3, 0.4) is 0 Å². The number of aromatic nitrogens is 3. The van der Waals surface area contributed by atoms with Gasteiger partial charge < -0.3 is 16.0 Å². The third-order valence-corrected chi connectivity index (χ3v) is 2.22. The lowest BCUT2D eigenvalue weighted by atomic mass is 10.2. The number of aromatic amines is 1. The zero-order valence-corrected chi connectivity index (χ0v) is 9.18. The highest BCUT2D eigenvalue weighted by Gasteiger charge is 2.04. The smallest absolute Gasteiger partial charge is 0.226 e. The number of pyridine rings is 1. The highest BCUT2D eigenvalue weighted by atomic mass is 16.1. The monoisotopic (exact) mass is 231 g/mol. The number of nitrogens with zero attached hydrogens (tertiary/aromatic N) is 2. The molecule has 0 unspecified atom stereocenters. The predicted molar refractivity (Wildman–Crippen MR) is 62.8 cm³/mol. The molecule has 6 nitrogen and oxygen atoms in total. The van der Waals surface area contributed by atoms with Gasteiger partial charge in [0.1, 0.15) is 0 Å². The third kappa shape index (κ3) is 3.30. The van der Waals surface area contributed by atoms with Crippen molar-refractivity contribution in [2.45, 2.75) is 13.0 Å². The minimum Gasteiger partial charge on any atom is -0.397 e. The molecule has 0 aromatic carbocycles. The number of hydrogen-bond acceptors (Lipinski definition) is 4. The van der Waals surface area contributed by atoms with Gasteiger partial charge in [0.25, 0.3) is 0 Å². The number of imidazole rings is 1. The van der Waals surface area contributed by atoms with Crippen LogP contribution in [0.25, 0.3) is 0 Å². The summed E-state index contributed by atoms with van der Waals surface area (Å²) in [5.74, 6) is -0.0862. The van der Waals surface area contributed by atoms with Gasteiger partial charge in [-0.3, -0.25) is 9.78 Å². The van der Waals surface area contributed by atoms with Gasteiger partial charge in [0.15, 0.2) is 0 Å². The van der Waals surface area contributed by atoms with Gasteiger partial charge in [0.05, 0.1) is 36.9 Å². The molecule has 0 bridgehead atoms. The maximum Gasteiger partial charge on any atom is 0.226 e. The quantitative estimate of drug-likeness (QED) is 0.702. The van der Waals surface area contributed by atoms with Crippen molar-refractivity contribution in [2.24, 2.45) is 0 Å². The number of H-pyrrole nitrogens is 1. The molecule has 1 amide bonds. The lowest BCUT2D eigenvalue weighted by Gasteiger charge is -2.03. The number of carbonyl (C=O) groups excluding carboxylic acids is 1. The number of nitrogen functional groups attached to an aromatic ring is 1. The molecule has 0 atom stereocenters. The van der Waals surface area contributed by atoms with Crippen LogP contribution in [-0.4, -0.2) is 20.9 Å². The minimum atomic E-state index is -0.0862. The standard InChI is InChI=1S/C11H13N5O/c12-8-1-2-9(14-4-8)3-11(17)15-6-10-5-13-7-16-10/h1-2,4-5,7H,3,6,12H2,(H,13,16)(H,15,17). The van der Waals surface area contributed by atoms with Gasteiger partial charge in [0, 0.05) is 11.9 Å². The second-order valence-electron chi connectivity index (χ2n) is 3.61. The maximum atomic E-state index is 11.6. The van der Waals surface area contributed by atoms with Crippen molar-refractivity contribution in [2.75, 3.05) is 5.73 Å². The van der Waals surface area contributed by atoms with Crippen molar-refractivity contribution in [3.05, 3.63) is 42.2 Å². The number of hydrogen-bond donors (Lipinski definition) is 3. The maximum absolute atomic E-state index is 11.6. The van der Waals surface area contributed by atoms with E-state index >= 15 is 0 Å². The number of nitrogens with one attached hydrogen (secondary N) is 2. The van der Waals surface area contributed by atoms with E-state index in [0.717, 1.165) is 5.69 Å². The molecule has 0 saturated heterocycles. The van der Waals surface area contributed by atoms with Crippen LogP contribution in [0.4, 0.5) is 5.69 Å². The first-order valence-electron chi connectivity index (χ1n) is 5.18. The van der Waals surface area contributed by atoms with Gasteiger partial charge in [-0.25, -0.2) is 4.98 Å². The van der Waals surface area contributed by atoms with Crippen molar-refractivity contribution in [3.63, 3.8) is 0 Å². The zero-order chi connectivity index (χ0) is 12.1. The average Bonchev–Trinajstić information content (AvgIpc) is 2.83. The van der Waals surface area contributed by atoms with E-state index in [2.05, 4.69) is 20.3 Å². The van der Waals surface area contributed by atoms with E-state index in [0.29, 0.717) is 17.9 Å². The van der Waals surface area contributed by atoms with Gasteiger partial charge in [-0.05, 0) is 12.1 Å². The topological polar surface area (TPSA) is 96.7 Å². The summed E-state index contributed by atoms with van der Waals surface area (Å²) < 4.78 is 0. The van der Waals surface area contributed by atoms with Crippen LogP contribution in [0.1, 0.15) is 11.4 Å². The second kappa shape index (κ2) is 5.11. The first kappa shape index (κ1) is 11.1. The number of nitrogens with two attached hydrogens (primary N) is 1. The number of amides is 1. The van der Waals surface area contributed by atoms with Gasteiger partial charge >= 0.3 is 0 Å². The Hall–Kier alpha value is -2.37. The number of anilines is 1. The summed E-state index contributed by atoms with van der Waals surface area (Å²) >= 11 is 0. The SMILES string of the molecule is Nc1ccc(CC(=O)NCc2cnc[nH]2)nc1. The van der Waals surface area contributed by atoms with Crippen molar-refractivity contribution in [1.29, 1.82) is 0 Å². The third-order valence-electron chi connectivity index (χ3n) is 2.22. The molecule has 0 radical (unpaired) electrons. The van der Waals surface area contributed by atoms with Crippen molar-refractivity contribution in [1.82, 2.24) is 20.3 Å². The number of carbonyl (C=O) groups is 1. The van der Waals surface area contributed by atoms with E-state index < -0.39 is 0 Å². The van der Waals surface area contributed by atoms with Crippen LogP contribution >= 0.6 is 0 Å². The molecule has 4 N–H and O–H groups in total. The van der Waals surface area contributed by atoms with E-state index in [1.54, 1.807) is 24.7 Å². The average molecular weight is 231 g/mol. The van der Waals surface area contributed by atoms with Crippen LogP contribution in [0.2, 0.25) is 0 Å². The highest BCUT2D eigenvalue weighted by molar-refractivity contribution is 5.78. The second-order valence-corrected chi connectivity index (χ2v) is 3.61. The Morgan fingerprint density at radius 2 is 2.29 bits per heavy atom. The fourth-order valence-corrected chi connectivity index (χ4v) is 1.34. The molecule has 0 aliphatic carbocycles. The lowest BCUT2D eigenvalue weighted by molar-refractivity contribution is -0.120. The Kier molecular flexibility index (Phi) is 3.34. The Labute approximate surface area is 98.3 Å². The predicted octanol–water partition coefficient (Wildman–Crippen LogP) is 0.246. The Balaban J connectivity index is 1.83. The minimum absolute atomic E-state index is 0.0862. The lowest BCUT2D eigenvalue weighted by Crippen LogP contribution is -2.25. The Morgan fingerprint density at radius 1 is 1.41 bits per heavy atom. The summed E-state index contributed by atoms with van der Waals surface area (Å²) in [6.45, 7) is 0.438. The van der Waals surface area contributed by atoms with E-state index in [9.17, 15) is 4.79 Å². The molecule has 17 heavy (non-hydrogen) atoms. The van der Waals surface area contributed by atoms with Gasteiger partial charge in [-0.1, -0.05) is 0 Å². The Bertz CT molecular complexity index is 477. The van der Waals surface area contributed by atoms with Crippen molar-refractivity contribution in [3.8, 4) is 0 Å². The largest absolute Gasteiger partial charge is 0.397 e. The summed E-state index contributed by atoms with van der Waals surface area (Å²) in [5, 5.41) is 2.77. The van der Waals surface area contributed by atoms with E-state index in [1.165, 1.54) is 6.20 Å². The van der Waals surface area contributed by atoms with Gasteiger partial charge in [-0.15, -0.1) is 0 Å². The zero-order valence-electron chi connectivity index (χ0n) is 9.18. The van der Waals surface area contributed by atoms with Crippen molar-refractivity contribution >= 4 is 11.6 Å². The van der Waals surface area contributed by atoms with Gasteiger partial charge in [0.2, 0.25) is 5.91 Å². The molecular weight excluding hydrogens is 218 g/mol. The van der Waals surface area contributed by atoms with Crippen LogP contribution in [-0.2, 0) is 17.8 Å². The molecule has 2 heterocycles. The van der Waals surface area contributed by atoms with Gasteiger partial charge in [-0.2, -0.15) is 0 Å². The summed E-state index contributed by atoms with van der Waals surface area (Å²) in [6.07, 6.45) is 5.02. The fraction of sp³-hybridized carbons (Fsp3) is 0.182. The first-order valence-corrected chi connectivity index (χ1v) is 5.18. The van der Waals surface area contributed by atoms with Crippen LogP contribution in [0.15, 0.2) is 30.9 Å². The molecule has 2 aromatic rings. The molecule has 88 valence electrons. The molecule has 0 aliphatic heterocycles. The van der Waals surface area contributed by atoms with Crippen molar-refractivity contribution < 1.29 is 4.79 Å². The Morgan fingerprint density at radius 3 is 2.94 bits per heavy atom. The molecular formula is C11H13N5O. The van der Waals surface area contributed by atoms with Crippen LogP contribution in [0.5, 0.6) is 0 Å². The molecule has 2 aromatic heterocycles. The summed E-state index contributed by atoms with van der Waals surface area (Å²) in [7, 11) is 0. The summed E-state index contributed by atoms with van der Waals surface area (Å²) in [5.41, 5.74) is 7.66. The summed E-state index contributed by atoms with van der Waals surface area (Å²) in [4.78, 5) is 22.4. The van der Waals surface area contributed by atoms with E-state index in [-0.39, 0.29) is 12.3 Å². The number of rotatable bonds is 4. The van der Waals surface area contributed by atoms with Crippen LogP contribution < -0.4 is 11.1 Å². The fourth-order valence-electron chi connectivity index (χ4n) is 1.34.